The van der Waals surface area contributed by atoms with Crippen molar-refractivity contribution in [3.05, 3.63) is 47.0 Å². The summed E-state index contributed by atoms with van der Waals surface area (Å²) in [4.78, 5) is 24.0. The van der Waals surface area contributed by atoms with Crippen molar-refractivity contribution >= 4 is 11.9 Å². The summed E-state index contributed by atoms with van der Waals surface area (Å²) in [6.07, 6.45) is 3.54. The first-order valence-electron chi connectivity index (χ1n) is 12.9. The number of hydrogen-bond acceptors (Lipinski definition) is 6. The molecule has 1 aromatic carbocycles. The minimum absolute atomic E-state index is 0. The van der Waals surface area contributed by atoms with E-state index in [-0.39, 0.29) is 60.0 Å². The van der Waals surface area contributed by atoms with Gasteiger partial charge in [0, 0.05) is 30.2 Å². The smallest absolute Gasteiger partial charge is 0.550 e. The van der Waals surface area contributed by atoms with E-state index in [1.807, 2.05) is 13.8 Å². The number of carboxylic acid groups (broad SMARTS) is 1. The molecule has 1 amide bonds. The largest absolute Gasteiger partial charge is 1.00 e. The quantitative estimate of drug-likeness (QED) is 0.325. The van der Waals surface area contributed by atoms with Gasteiger partial charge in [0.05, 0.1) is 17.9 Å². The van der Waals surface area contributed by atoms with E-state index in [1.54, 1.807) is 16.8 Å². The Bertz CT molecular complexity index is 1020. The first-order chi connectivity index (χ1) is 17.2. The van der Waals surface area contributed by atoms with Gasteiger partial charge in [-0.2, -0.15) is 5.10 Å². The molecule has 37 heavy (non-hydrogen) atoms. The van der Waals surface area contributed by atoms with Gasteiger partial charge in [0.25, 0.3) is 5.91 Å². The molecule has 0 unspecified atom stereocenters. The van der Waals surface area contributed by atoms with Crippen molar-refractivity contribution < 1.29 is 58.9 Å². The average molecular weight is 526 g/mol. The standard InChI is InChI=1S/C27H38FN3O5.Na/c1-17(2)25-23(13-12-21(32)14-22(33)15-24(34)35)31(20-10-8-19(28)9-11-20)30-26(25)27(36)29-16-18-6-4-3-5-7-18;/h8-11,17-18,21-22,32-33H,3-7,12-16H2,1-2H3,(H,29,36)(H,34,35);/q;+1/p-1/t21-,22-;/m1./s1. The van der Waals surface area contributed by atoms with Crippen LogP contribution in [-0.4, -0.2) is 50.6 Å². The van der Waals surface area contributed by atoms with E-state index in [9.17, 15) is 29.3 Å². The van der Waals surface area contributed by atoms with Gasteiger partial charge in [-0.25, -0.2) is 9.07 Å². The number of rotatable bonds is 12. The number of carboxylic acids is 1. The van der Waals surface area contributed by atoms with Crippen molar-refractivity contribution in [1.82, 2.24) is 15.1 Å². The number of nitrogens with zero attached hydrogens (tertiary/aromatic N) is 2. The topological polar surface area (TPSA) is 128 Å². The van der Waals surface area contributed by atoms with E-state index in [2.05, 4.69) is 10.4 Å². The summed E-state index contributed by atoms with van der Waals surface area (Å²) >= 11 is 0. The molecule has 1 fully saturated rings. The zero-order chi connectivity index (χ0) is 26.2. The molecular weight excluding hydrogens is 488 g/mol. The Kier molecular flexibility index (Phi) is 12.7. The fourth-order valence-corrected chi connectivity index (χ4v) is 5.00. The van der Waals surface area contributed by atoms with Gasteiger partial charge in [-0.1, -0.05) is 33.1 Å². The minimum atomic E-state index is -1.38. The Morgan fingerprint density at radius 2 is 1.78 bits per heavy atom. The van der Waals surface area contributed by atoms with E-state index in [0.29, 0.717) is 36.0 Å². The van der Waals surface area contributed by atoms with Crippen LogP contribution in [-0.2, 0) is 11.2 Å². The molecule has 1 saturated carbocycles. The number of amides is 1. The second kappa shape index (κ2) is 15.0. The van der Waals surface area contributed by atoms with Crippen molar-refractivity contribution in [2.45, 2.75) is 89.8 Å². The molecule has 1 aromatic heterocycles. The van der Waals surface area contributed by atoms with Gasteiger partial charge in [0.1, 0.15) is 5.82 Å². The number of aliphatic hydroxyl groups excluding tert-OH is 2. The summed E-state index contributed by atoms with van der Waals surface area (Å²) in [5.41, 5.74) is 2.37. The number of carbonyl (C=O) groups is 2. The molecule has 0 bridgehead atoms. The van der Waals surface area contributed by atoms with Crippen LogP contribution in [0.4, 0.5) is 4.39 Å². The fourth-order valence-electron chi connectivity index (χ4n) is 5.00. The van der Waals surface area contributed by atoms with Crippen LogP contribution >= 0.6 is 0 Å². The summed E-state index contributed by atoms with van der Waals surface area (Å²) < 4.78 is 15.2. The SMILES string of the molecule is CC(C)c1c(C(=O)NCC2CCCCC2)nn(-c2ccc(F)cc2)c1CC[C@@H](O)C[C@@H](O)CC(=O)[O-].[Na+]. The summed E-state index contributed by atoms with van der Waals surface area (Å²) in [7, 11) is 0. The van der Waals surface area contributed by atoms with E-state index >= 15 is 0 Å². The second-order valence-corrected chi connectivity index (χ2v) is 10.1. The van der Waals surface area contributed by atoms with Crippen LogP contribution in [0, 0.1) is 11.7 Å². The number of aromatic nitrogens is 2. The molecule has 1 aliphatic carbocycles. The van der Waals surface area contributed by atoms with Crippen molar-refractivity contribution in [2.75, 3.05) is 6.54 Å². The molecule has 0 saturated heterocycles. The van der Waals surface area contributed by atoms with Crippen LogP contribution in [0.1, 0.15) is 92.9 Å². The summed E-state index contributed by atoms with van der Waals surface area (Å²) in [6, 6.07) is 5.81. The number of aliphatic carboxylic acids is 1. The number of carbonyl (C=O) groups excluding carboxylic acids is 2. The Morgan fingerprint density at radius 1 is 1.14 bits per heavy atom. The molecule has 3 N–H and O–H groups in total. The molecule has 10 heteroatoms. The van der Waals surface area contributed by atoms with Crippen molar-refractivity contribution in [2.24, 2.45) is 5.92 Å². The van der Waals surface area contributed by atoms with Gasteiger partial charge in [0.2, 0.25) is 0 Å². The van der Waals surface area contributed by atoms with Crippen LogP contribution < -0.4 is 40.0 Å². The third-order valence-electron chi connectivity index (χ3n) is 6.82. The molecule has 0 spiro atoms. The number of aliphatic hydroxyl groups is 2. The van der Waals surface area contributed by atoms with Gasteiger partial charge in [-0.05, 0) is 68.2 Å². The normalized spacial score (nSPS) is 15.7. The third kappa shape index (κ3) is 9.18. The number of hydrogen-bond donors (Lipinski definition) is 3. The molecule has 2 aromatic rings. The molecule has 0 radical (unpaired) electrons. The van der Waals surface area contributed by atoms with Crippen LogP contribution in [0.25, 0.3) is 5.69 Å². The molecule has 8 nitrogen and oxygen atoms in total. The first-order valence-corrected chi connectivity index (χ1v) is 12.9. The Balaban J connectivity index is 0.00000481. The molecule has 198 valence electrons. The molecule has 0 aliphatic heterocycles. The van der Waals surface area contributed by atoms with Gasteiger partial charge in [0.15, 0.2) is 5.69 Å². The number of nitrogens with one attached hydrogen (secondary N) is 1. The fraction of sp³-hybridized carbons (Fsp3) is 0.593. The van der Waals surface area contributed by atoms with Crippen molar-refractivity contribution in [1.29, 1.82) is 0 Å². The first kappa shape index (κ1) is 31.4. The maximum atomic E-state index is 13.6. The monoisotopic (exact) mass is 525 g/mol. The molecule has 1 aliphatic rings. The predicted octanol–water partition coefficient (Wildman–Crippen LogP) is -0.367. The van der Waals surface area contributed by atoms with Crippen LogP contribution in [0.15, 0.2) is 24.3 Å². The maximum absolute atomic E-state index is 13.6. The summed E-state index contributed by atoms with van der Waals surface area (Å²) in [5.74, 6) is -1.61. The second-order valence-electron chi connectivity index (χ2n) is 10.1. The van der Waals surface area contributed by atoms with Crippen LogP contribution in [0.3, 0.4) is 0 Å². The van der Waals surface area contributed by atoms with Crippen LogP contribution in [0.5, 0.6) is 0 Å². The van der Waals surface area contributed by atoms with Gasteiger partial charge >= 0.3 is 29.6 Å². The number of halogens is 1. The van der Waals surface area contributed by atoms with E-state index in [1.165, 1.54) is 31.4 Å². The Hall–Kier alpha value is -1.78. The van der Waals surface area contributed by atoms with Gasteiger partial charge in [-0.3, -0.25) is 4.79 Å². The molecule has 1 heterocycles. The minimum Gasteiger partial charge on any atom is -0.550 e. The Morgan fingerprint density at radius 3 is 2.38 bits per heavy atom. The molecule has 2 atom stereocenters. The number of benzene rings is 1. The third-order valence-corrected chi connectivity index (χ3v) is 6.82. The average Bonchev–Trinajstić information content (AvgIpc) is 3.21. The maximum Gasteiger partial charge on any atom is 1.00 e. The zero-order valence-electron chi connectivity index (χ0n) is 22.1. The van der Waals surface area contributed by atoms with E-state index in [4.69, 9.17) is 0 Å². The summed E-state index contributed by atoms with van der Waals surface area (Å²) in [5, 5.41) is 38.7. The zero-order valence-corrected chi connectivity index (χ0v) is 24.1. The van der Waals surface area contributed by atoms with E-state index in [0.717, 1.165) is 18.4 Å². The Labute approximate surface area is 239 Å². The molecule has 3 rings (SSSR count). The predicted molar refractivity (Wildman–Crippen MR) is 131 cm³/mol. The van der Waals surface area contributed by atoms with Crippen LogP contribution in [0.2, 0.25) is 0 Å². The van der Waals surface area contributed by atoms with Crippen molar-refractivity contribution in [3.63, 3.8) is 0 Å². The molecular formula is C27H37FN3NaO5. The van der Waals surface area contributed by atoms with Gasteiger partial charge in [-0.15, -0.1) is 0 Å². The van der Waals surface area contributed by atoms with E-state index < -0.39 is 24.6 Å². The van der Waals surface area contributed by atoms with Gasteiger partial charge < -0.3 is 25.4 Å². The summed E-state index contributed by atoms with van der Waals surface area (Å²) in [6.45, 7) is 4.53. The van der Waals surface area contributed by atoms with Crippen molar-refractivity contribution in [3.8, 4) is 5.69 Å².